The highest BCUT2D eigenvalue weighted by atomic mass is 16.5. The summed E-state index contributed by atoms with van der Waals surface area (Å²) < 4.78 is 11.2. The number of unbranched alkanes of at least 4 members (excludes halogenated alkanes) is 2. The third kappa shape index (κ3) is 7.93. The van der Waals surface area contributed by atoms with Gasteiger partial charge >= 0.3 is 0 Å². The molecule has 110 valence electrons. The molecule has 1 rings (SSSR count). The molecule has 0 heterocycles. The number of rotatable bonds is 12. The van der Waals surface area contributed by atoms with Crippen LogP contribution in [0.25, 0.3) is 0 Å². The van der Waals surface area contributed by atoms with Gasteiger partial charge in [0.1, 0.15) is 0 Å². The van der Waals surface area contributed by atoms with E-state index in [2.05, 4.69) is 37.4 Å². The van der Waals surface area contributed by atoms with Crippen molar-refractivity contribution in [1.29, 1.82) is 0 Å². The van der Waals surface area contributed by atoms with Gasteiger partial charge in [-0.25, -0.2) is 0 Å². The fraction of sp³-hybridized carbons (Fsp3) is 0.444. The van der Waals surface area contributed by atoms with E-state index in [4.69, 9.17) is 9.47 Å². The summed E-state index contributed by atoms with van der Waals surface area (Å²) in [7, 11) is 0. The maximum Gasteiger partial charge on any atom is 0.0716 e. The van der Waals surface area contributed by atoms with Crippen LogP contribution in [0.4, 0.5) is 0 Å². The molecule has 0 aromatic heterocycles. The van der Waals surface area contributed by atoms with Crippen molar-refractivity contribution in [3.63, 3.8) is 0 Å². The van der Waals surface area contributed by atoms with Gasteiger partial charge in [-0.05, 0) is 36.8 Å². The van der Waals surface area contributed by atoms with Gasteiger partial charge in [-0.1, -0.05) is 36.4 Å². The second-order valence-electron chi connectivity index (χ2n) is 4.78. The van der Waals surface area contributed by atoms with E-state index >= 15 is 0 Å². The number of hydrogen-bond acceptors (Lipinski definition) is 2. The van der Waals surface area contributed by atoms with E-state index in [1.165, 1.54) is 11.1 Å². The van der Waals surface area contributed by atoms with Gasteiger partial charge in [0, 0.05) is 13.2 Å². The summed E-state index contributed by atoms with van der Waals surface area (Å²) in [5, 5.41) is 0. The van der Waals surface area contributed by atoms with Crippen LogP contribution in [0.3, 0.4) is 0 Å². The van der Waals surface area contributed by atoms with E-state index in [9.17, 15) is 0 Å². The summed E-state index contributed by atoms with van der Waals surface area (Å²) in [5.41, 5.74) is 2.41. The Morgan fingerprint density at radius 3 is 1.50 bits per heavy atom. The Balaban J connectivity index is 2.15. The Kier molecular flexibility index (Phi) is 9.54. The molecule has 0 bridgehead atoms. The summed E-state index contributed by atoms with van der Waals surface area (Å²) in [5.74, 6) is 0. The highest BCUT2D eigenvalue weighted by Gasteiger charge is 1.96. The predicted octanol–water partition coefficient (Wildman–Crippen LogP) is 4.65. The van der Waals surface area contributed by atoms with Crippen molar-refractivity contribution in [2.24, 2.45) is 0 Å². The van der Waals surface area contributed by atoms with Crippen LogP contribution in [0.1, 0.15) is 36.8 Å². The third-order valence-corrected chi connectivity index (χ3v) is 2.95. The van der Waals surface area contributed by atoms with Crippen LogP contribution in [0.2, 0.25) is 0 Å². The van der Waals surface area contributed by atoms with E-state index < -0.39 is 0 Å². The summed E-state index contributed by atoms with van der Waals surface area (Å²) >= 11 is 0. The van der Waals surface area contributed by atoms with Crippen molar-refractivity contribution in [3.05, 3.63) is 60.7 Å². The molecule has 0 atom stereocenters. The Bertz CT molecular complexity index is 331. The molecular formula is C18H26O2. The minimum atomic E-state index is 0.678. The zero-order chi connectivity index (χ0) is 14.5. The highest BCUT2D eigenvalue weighted by molar-refractivity contribution is 5.21. The smallest absolute Gasteiger partial charge is 0.0716 e. The summed E-state index contributed by atoms with van der Waals surface area (Å²) in [6.07, 6.45) is 7.96. The summed E-state index contributed by atoms with van der Waals surface area (Å²) in [6.45, 7) is 10.3. The minimum absolute atomic E-state index is 0.678. The molecule has 1 aromatic carbocycles. The molecule has 0 fully saturated rings. The lowest BCUT2D eigenvalue weighted by molar-refractivity contribution is 0.117. The second kappa shape index (κ2) is 11.4. The largest absolute Gasteiger partial charge is 0.377 e. The first kappa shape index (κ1) is 16.7. The zero-order valence-corrected chi connectivity index (χ0v) is 12.4. The molecule has 0 amide bonds. The van der Waals surface area contributed by atoms with Crippen LogP contribution < -0.4 is 0 Å². The van der Waals surface area contributed by atoms with Gasteiger partial charge in [-0.15, -0.1) is 13.2 Å². The highest BCUT2D eigenvalue weighted by Crippen LogP contribution is 2.08. The number of ether oxygens (including phenoxy) is 2. The van der Waals surface area contributed by atoms with Crippen LogP contribution in [0.5, 0.6) is 0 Å². The monoisotopic (exact) mass is 274 g/mol. The van der Waals surface area contributed by atoms with Crippen LogP contribution >= 0.6 is 0 Å². The first-order valence-electron chi connectivity index (χ1n) is 7.32. The molecule has 0 N–H and O–H groups in total. The van der Waals surface area contributed by atoms with Gasteiger partial charge in [0.2, 0.25) is 0 Å². The number of benzene rings is 1. The van der Waals surface area contributed by atoms with Crippen molar-refractivity contribution in [3.8, 4) is 0 Å². The Hall–Kier alpha value is -1.38. The van der Waals surface area contributed by atoms with Crippen LogP contribution in [-0.2, 0) is 22.7 Å². The average Bonchev–Trinajstić information content (AvgIpc) is 2.48. The fourth-order valence-corrected chi connectivity index (χ4v) is 1.77. The molecule has 0 aliphatic carbocycles. The molecule has 2 heteroatoms. The van der Waals surface area contributed by atoms with E-state index in [1.54, 1.807) is 0 Å². The molecule has 0 spiro atoms. The molecule has 0 saturated carbocycles. The molecule has 2 nitrogen and oxygen atoms in total. The van der Waals surface area contributed by atoms with Crippen molar-refractivity contribution in [1.82, 2.24) is 0 Å². The molecule has 0 aliphatic heterocycles. The topological polar surface area (TPSA) is 18.5 Å². The molecule has 0 unspecified atom stereocenters. The standard InChI is InChI=1S/C18H26O2/c1-3-5-7-13-19-15-17-9-11-18(12-10-17)16-20-14-8-6-4-2/h3-4,9-12H,1-2,5-8,13-16H2. The minimum Gasteiger partial charge on any atom is -0.377 e. The van der Waals surface area contributed by atoms with E-state index in [0.29, 0.717) is 13.2 Å². The van der Waals surface area contributed by atoms with Crippen LogP contribution in [0, 0.1) is 0 Å². The van der Waals surface area contributed by atoms with Gasteiger partial charge in [0.25, 0.3) is 0 Å². The molecule has 0 saturated heterocycles. The fourth-order valence-electron chi connectivity index (χ4n) is 1.77. The second-order valence-corrected chi connectivity index (χ2v) is 4.78. The molecule has 20 heavy (non-hydrogen) atoms. The van der Waals surface area contributed by atoms with Crippen molar-refractivity contribution >= 4 is 0 Å². The van der Waals surface area contributed by atoms with E-state index in [1.807, 2.05) is 12.2 Å². The zero-order valence-electron chi connectivity index (χ0n) is 12.4. The first-order chi connectivity index (χ1) is 9.86. The molecule has 0 aliphatic rings. The SMILES string of the molecule is C=CCCCOCc1ccc(COCCCC=C)cc1. The molecule has 0 radical (unpaired) electrons. The van der Waals surface area contributed by atoms with Gasteiger partial charge < -0.3 is 9.47 Å². The Labute approximate surface area is 123 Å². The number of hydrogen-bond donors (Lipinski definition) is 0. The lowest BCUT2D eigenvalue weighted by Crippen LogP contribution is -1.97. The van der Waals surface area contributed by atoms with Gasteiger partial charge in [-0.2, -0.15) is 0 Å². The maximum absolute atomic E-state index is 5.60. The lowest BCUT2D eigenvalue weighted by atomic mass is 10.1. The quantitative estimate of drug-likeness (QED) is 0.408. The Morgan fingerprint density at radius 1 is 0.750 bits per heavy atom. The van der Waals surface area contributed by atoms with Gasteiger partial charge in [0.05, 0.1) is 13.2 Å². The third-order valence-electron chi connectivity index (χ3n) is 2.95. The molecular weight excluding hydrogens is 248 g/mol. The normalized spacial score (nSPS) is 10.4. The summed E-state index contributed by atoms with van der Waals surface area (Å²) in [6, 6.07) is 8.43. The van der Waals surface area contributed by atoms with Crippen LogP contribution in [0.15, 0.2) is 49.6 Å². The molecule has 1 aromatic rings. The van der Waals surface area contributed by atoms with Crippen molar-refractivity contribution in [2.75, 3.05) is 13.2 Å². The van der Waals surface area contributed by atoms with Crippen molar-refractivity contribution in [2.45, 2.75) is 38.9 Å². The van der Waals surface area contributed by atoms with Gasteiger partial charge in [0.15, 0.2) is 0 Å². The van der Waals surface area contributed by atoms with E-state index in [0.717, 1.165) is 38.9 Å². The predicted molar refractivity (Wildman–Crippen MR) is 84.6 cm³/mol. The van der Waals surface area contributed by atoms with Gasteiger partial charge in [-0.3, -0.25) is 0 Å². The Morgan fingerprint density at radius 2 is 1.15 bits per heavy atom. The number of allylic oxidation sites excluding steroid dienone is 2. The average molecular weight is 274 g/mol. The van der Waals surface area contributed by atoms with Crippen LogP contribution in [-0.4, -0.2) is 13.2 Å². The van der Waals surface area contributed by atoms with Crippen molar-refractivity contribution < 1.29 is 9.47 Å². The lowest BCUT2D eigenvalue weighted by Gasteiger charge is -2.06. The summed E-state index contributed by atoms with van der Waals surface area (Å²) in [4.78, 5) is 0. The maximum atomic E-state index is 5.60. The first-order valence-corrected chi connectivity index (χ1v) is 7.32. The van der Waals surface area contributed by atoms with E-state index in [-0.39, 0.29) is 0 Å².